The second kappa shape index (κ2) is 10.8. The monoisotopic (exact) mass is 506 g/mol. The van der Waals surface area contributed by atoms with Crippen molar-refractivity contribution in [2.45, 2.75) is 38.6 Å². The van der Waals surface area contributed by atoms with Gasteiger partial charge in [-0.3, -0.25) is 14.5 Å². The maximum Gasteiger partial charge on any atom is 0.258 e. The second-order valence-electron chi connectivity index (χ2n) is 10.5. The highest BCUT2D eigenvalue weighted by Gasteiger charge is 2.30. The summed E-state index contributed by atoms with van der Waals surface area (Å²) in [6.07, 6.45) is 6.00. The Balaban J connectivity index is 1.31. The van der Waals surface area contributed by atoms with Crippen LogP contribution in [0.2, 0.25) is 0 Å². The largest absolute Gasteiger partial charge is 0.354 e. The number of hydrogen-bond acceptors (Lipinski definition) is 4. The van der Waals surface area contributed by atoms with Crippen LogP contribution in [0.25, 0.3) is 11.3 Å². The summed E-state index contributed by atoms with van der Waals surface area (Å²) >= 11 is 0. The number of piperidine rings is 1. The van der Waals surface area contributed by atoms with E-state index < -0.39 is 0 Å². The molecule has 3 aliphatic rings. The lowest BCUT2D eigenvalue weighted by molar-refractivity contribution is -0.110. The number of carbonyl (C=O) groups excluding carboxylic acids is 2. The van der Waals surface area contributed by atoms with Crippen LogP contribution in [-0.2, 0) is 11.3 Å². The number of carbonyl (C=O) groups is 2. The molecule has 2 saturated heterocycles. The first-order valence-corrected chi connectivity index (χ1v) is 13.8. The van der Waals surface area contributed by atoms with Crippen LogP contribution in [-0.4, -0.2) is 47.8 Å². The van der Waals surface area contributed by atoms with Crippen molar-refractivity contribution < 1.29 is 9.59 Å². The summed E-state index contributed by atoms with van der Waals surface area (Å²) in [4.78, 5) is 30.7. The third-order valence-corrected chi connectivity index (χ3v) is 7.79. The summed E-state index contributed by atoms with van der Waals surface area (Å²) in [5, 5.41) is 6.56. The first kappa shape index (κ1) is 24.4. The van der Waals surface area contributed by atoms with Gasteiger partial charge in [-0.15, -0.1) is 0 Å². The molecule has 2 fully saturated rings. The lowest BCUT2D eigenvalue weighted by atomic mass is 9.98. The molecule has 6 nitrogen and oxygen atoms in total. The Morgan fingerprint density at radius 3 is 2.24 bits per heavy atom. The number of amides is 2. The minimum absolute atomic E-state index is 0.0306. The smallest absolute Gasteiger partial charge is 0.258 e. The van der Waals surface area contributed by atoms with Gasteiger partial charge in [-0.1, -0.05) is 55.0 Å². The van der Waals surface area contributed by atoms with Crippen LogP contribution in [0, 0.1) is 0 Å². The van der Waals surface area contributed by atoms with E-state index >= 15 is 0 Å². The van der Waals surface area contributed by atoms with Crippen LogP contribution in [0.4, 0.5) is 11.4 Å². The molecule has 0 radical (unpaired) electrons. The molecular weight excluding hydrogens is 472 g/mol. The normalized spacial score (nSPS) is 18.7. The van der Waals surface area contributed by atoms with Crippen LogP contribution >= 0.6 is 0 Å². The maximum absolute atomic E-state index is 13.3. The summed E-state index contributed by atoms with van der Waals surface area (Å²) in [6, 6.07) is 24.0. The van der Waals surface area contributed by atoms with Crippen LogP contribution in [0.15, 0.2) is 72.8 Å². The van der Waals surface area contributed by atoms with Gasteiger partial charge in [0.2, 0.25) is 0 Å². The third kappa shape index (κ3) is 5.09. The number of likely N-dealkylation sites (tertiary alicyclic amines) is 2. The molecule has 0 bridgehead atoms. The van der Waals surface area contributed by atoms with Crippen molar-refractivity contribution in [1.82, 2.24) is 9.80 Å². The van der Waals surface area contributed by atoms with Gasteiger partial charge in [0.1, 0.15) is 0 Å². The fourth-order valence-corrected chi connectivity index (χ4v) is 5.75. The Labute approximate surface area is 224 Å². The van der Waals surface area contributed by atoms with E-state index in [2.05, 4.69) is 39.8 Å². The molecule has 38 heavy (non-hydrogen) atoms. The Morgan fingerprint density at radius 2 is 1.50 bits per heavy atom. The molecule has 3 heterocycles. The van der Waals surface area contributed by atoms with E-state index in [-0.39, 0.29) is 11.8 Å². The van der Waals surface area contributed by atoms with Crippen molar-refractivity contribution in [3.8, 4) is 0 Å². The number of hydrogen-bond donors (Lipinski definition) is 2. The molecule has 6 rings (SSSR count). The molecule has 194 valence electrons. The average molecular weight is 507 g/mol. The first-order chi connectivity index (χ1) is 18.7. The minimum atomic E-state index is -0.168. The van der Waals surface area contributed by atoms with Crippen LogP contribution in [0.5, 0.6) is 0 Å². The van der Waals surface area contributed by atoms with Crippen molar-refractivity contribution in [1.29, 1.82) is 0 Å². The molecule has 6 heteroatoms. The van der Waals surface area contributed by atoms with Gasteiger partial charge in [0.15, 0.2) is 0 Å². The molecule has 0 unspecified atom stereocenters. The number of fused-ring (bicyclic) bond motifs is 1. The van der Waals surface area contributed by atoms with Crippen LogP contribution in [0.1, 0.15) is 59.2 Å². The zero-order chi connectivity index (χ0) is 25.9. The molecule has 2 N–H and O–H groups in total. The maximum atomic E-state index is 13.3. The third-order valence-electron chi connectivity index (χ3n) is 7.79. The summed E-state index contributed by atoms with van der Waals surface area (Å²) in [5.74, 6) is -0.137. The molecule has 0 atom stereocenters. The quantitative estimate of drug-likeness (QED) is 0.412. The van der Waals surface area contributed by atoms with Crippen molar-refractivity contribution in [2.75, 3.05) is 36.8 Å². The Morgan fingerprint density at radius 1 is 0.789 bits per heavy atom. The number of nitrogens with one attached hydrogen (secondary N) is 2. The number of rotatable bonds is 6. The van der Waals surface area contributed by atoms with Crippen molar-refractivity contribution >= 4 is 34.5 Å². The summed E-state index contributed by atoms with van der Waals surface area (Å²) in [5.41, 5.74) is 6.60. The fraction of sp³-hybridized carbons (Fsp3) is 0.312. The van der Waals surface area contributed by atoms with Gasteiger partial charge in [-0.25, -0.2) is 0 Å². The number of benzene rings is 3. The molecule has 0 saturated carbocycles. The zero-order valence-corrected chi connectivity index (χ0v) is 21.7. The number of anilines is 2. The van der Waals surface area contributed by atoms with E-state index in [1.54, 1.807) is 0 Å². The molecule has 0 aliphatic carbocycles. The van der Waals surface area contributed by atoms with Gasteiger partial charge >= 0.3 is 0 Å². The van der Waals surface area contributed by atoms with Crippen LogP contribution < -0.4 is 10.6 Å². The van der Waals surface area contributed by atoms with E-state index in [4.69, 9.17) is 0 Å². The molecular formula is C32H34N4O2. The van der Waals surface area contributed by atoms with Gasteiger partial charge < -0.3 is 15.5 Å². The first-order valence-electron chi connectivity index (χ1n) is 13.8. The Kier molecular flexibility index (Phi) is 6.97. The van der Waals surface area contributed by atoms with Crippen LogP contribution in [0.3, 0.4) is 0 Å². The lowest BCUT2D eigenvalue weighted by Gasteiger charge is -2.26. The zero-order valence-electron chi connectivity index (χ0n) is 21.7. The fourth-order valence-electron chi connectivity index (χ4n) is 5.75. The number of nitrogens with zero attached hydrogens (tertiary/aromatic N) is 2. The molecule has 0 aromatic heterocycles. The Hall–Kier alpha value is -3.90. The molecule has 3 aliphatic heterocycles. The van der Waals surface area contributed by atoms with Gasteiger partial charge in [0.25, 0.3) is 11.8 Å². The molecule has 3 aromatic carbocycles. The predicted octanol–water partition coefficient (Wildman–Crippen LogP) is 5.84. The SMILES string of the molecule is O=C1Nc2cc(C(=O)N3CCCC3)ccc2C1=C(Nc1ccc(CN2CCCCC2)cc1)c1ccccc1. The summed E-state index contributed by atoms with van der Waals surface area (Å²) in [7, 11) is 0. The van der Waals surface area contributed by atoms with Crippen molar-refractivity contribution in [2.24, 2.45) is 0 Å². The molecule has 3 aromatic rings. The van der Waals surface area contributed by atoms with E-state index in [1.807, 2.05) is 53.4 Å². The highest BCUT2D eigenvalue weighted by atomic mass is 16.2. The highest BCUT2D eigenvalue weighted by molar-refractivity contribution is 6.37. The topological polar surface area (TPSA) is 64.7 Å². The highest BCUT2D eigenvalue weighted by Crippen LogP contribution is 2.38. The standard InChI is InChI=1S/C32H34N4O2/c37-31-29(27-16-13-25(21-28(27)34-31)32(38)36-19-7-8-20-36)30(24-9-3-1-4-10-24)33-26-14-11-23(12-15-26)22-35-17-5-2-6-18-35/h1,3-4,9-16,21,33H,2,5-8,17-20,22H2,(H,34,37). The Bertz CT molecular complexity index is 1350. The van der Waals surface area contributed by atoms with Crippen molar-refractivity contribution in [3.63, 3.8) is 0 Å². The van der Waals surface area contributed by atoms with E-state index in [0.717, 1.165) is 55.0 Å². The van der Waals surface area contributed by atoms with Gasteiger partial charge in [0, 0.05) is 42.1 Å². The second-order valence-corrected chi connectivity index (χ2v) is 10.5. The predicted molar refractivity (Wildman–Crippen MR) is 153 cm³/mol. The van der Waals surface area contributed by atoms with E-state index in [1.165, 1.54) is 37.9 Å². The molecule has 2 amide bonds. The van der Waals surface area contributed by atoms with E-state index in [9.17, 15) is 9.59 Å². The lowest BCUT2D eigenvalue weighted by Crippen LogP contribution is -2.29. The van der Waals surface area contributed by atoms with Gasteiger partial charge in [-0.05, 0) is 74.2 Å². The molecule has 0 spiro atoms. The summed E-state index contributed by atoms with van der Waals surface area (Å²) in [6.45, 7) is 4.91. The summed E-state index contributed by atoms with van der Waals surface area (Å²) < 4.78 is 0. The minimum Gasteiger partial charge on any atom is -0.354 e. The van der Waals surface area contributed by atoms with Crippen molar-refractivity contribution in [3.05, 3.63) is 95.1 Å². The average Bonchev–Trinajstić information content (AvgIpc) is 3.61. The van der Waals surface area contributed by atoms with E-state index in [0.29, 0.717) is 16.8 Å². The van der Waals surface area contributed by atoms with Gasteiger partial charge in [-0.2, -0.15) is 0 Å². The van der Waals surface area contributed by atoms with Gasteiger partial charge in [0.05, 0.1) is 11.3 Å².